The van der Waals surface area contributed by atoms with E-state index in [0.717, 1.165) is 19.3 Å². The van der Waals surface area contributed by atoms with Gasteiger partial charge in [-0.2, -0.15) is 0 Å². The zero-order chi connectivity index (χ0) is 10.8. The van der Waals surface area contributed by atoms with Crippen LogP contribution in [0.25, 0.3) is 0 Å². The SMILES string of the molecule is CC1(C)CCCC([C@H](O)CC(=O)O)C1. The Bertz CT molecular complexity index is 211. The van der Waals surface area contributed by atoms with Gasteiger partial charge in [-0.15, -0.1) is 0 Å². The Morgan fingerprint density at radius 2 is 2.21 bits per heavy atom. The molecule has 82 valence electrons. The zero-order valence-corrected chi connectivity index (χ0v) is 8.99. The van der Waals surface area contributed by atoms with Crippen molar-refractivity contribution >= 4 is 5.97 Å². The number of aliphatic hydroxyl groups excluding tert-OH is 1. The number of carboxylic acid groups (broad SMARTS) is 1. The normalized spacial score (nSPS) is 28.4. The fourth-order valence-corrected chi connectivity index (χ4v) is 2.43. The van der Waals surface area contributed by atoms with Crippen LogP contribution >= 0.6 is 0 Å². The van der Waals surface area contributed by atoms with Crippen LogP contribution in [-0.2, 0) is 4.79 Å². The van der Waals surface area contributed by atoms with Crippen LogP contribution in [0.1, 0.15) is 46.0 Å². The van der Waals surface area contributed by atoms with Gasteiger partial charge in [-0.25, -0.2) is 0 Å². The highest BCUT2D eigenvalue weighted by Gasteiger charge is 2.32. The first kappa shape index (κ1) is 11.5. The summed E-state index contributed by atoms with van der Waals surface area (Å²) in [7, 11) is 0. The third kappa shape index (κ3) is 3.29. The second kappa shape index (κ2) is 4.30. The molecule has 0 aliphatic heterocycles. The average molecular weight is 200 g/mol. The zero-order valence-electron chi connectivity index (χ0n) is 8.99. The molecule has 1 fully saturated rings. The van der Waals surface area contributed by atoms with Crippen LogP contribution in [0, 0.1) is 11.3 Å². The van der Waals surface area contributed by atoms with Gasteiger partial charge in [0.2, 0.25) is 0 Å². The topological polar surface area (TPSA) is 57.5 Å². The molecule has 0 bridgehead atoms. The molecule has 3 heteroatoms. The summed E-state index contributed by atoms with van der Waals surface area (Å²) < 4.78 is 0. The van der Waals surface area contributed by atoms with Crippen molar-refractivity contribution in [3.63, 3.8) is 0 Å². The lowest BCUT2D eigenvalue weighted by Crippen LogP contribution is -2.32. The van der Waals surface area contributed by atoms with Crippen molar-refractivity contribution in [3.05, 3.63) is 0 Å². The van der Waals surface area contributed by atoms with Crippen LogP contribution in [0.2, 0.25) is 0 Å². The monoisotopic (exact) mass is 200 g/mol. The quantitative estimate of drug-likeness (QED) is 0.733. The van der Waals surface area contributed by atoms with E-state index >= 15 is 0 Å². The molecule has 2 atom stereocenters. The molecule has 0 aromatic heterocycles. The highest BCUT2D eigenvalue weighted by atomic mass is 16.4. The van der Waals surface area contributed by atoms with E-state index in [4.69, 9.17) is 5.11 Å². The van der Waals surface area contributed by atoms with E-state index in [1.54, 1.807) is 0 Å². The van der Waals surface area contributed by atoms with E-state index in [0.29, 0.717) is 0 Å². The van der Waals surface area contributed by atoms with Crippen LogP contribution in [0.5, 0.6) is 0 Å². The third-order valence-electron chi connectivity index (χ3n) is 3.17. The summed E-state index contributed by atoms with van der Waals surface area (Å²) in [5, 5.41) is 18.3. The van der Waals surface area contributed by atoms with E-state index in [1.807, 2.05) is 0 Å². The Hall–Kier alpha value is -0.570. The van der Waals surface area contributed by atoms with Gasteiger partial charge in [0.1, 0.15) is 0 Å². The molecule has 0 spiro atoms. The van der Waals surface area contributed by atoms with Gasteiger partial charge >= 0.3 is 5.97 Å². The fourth-order valence-electron chi connectivity index (χ4n) is 2.43. The molecule has 0 heterocycles. The molecular weight excluding hydrogens is 180 g/mol. The minimum absolute atomic E-state index is 0.110. The predicted octanol–water partition coefficient (Wildman–Crippen LogP) is 2.04. The van der Waals surface area contributed by atoms with Gasteiger partial charge in [-0.1, -0.05) is 20.3 Å². The molecule has 0 aromatic rings. The van der Waals surface area contributed by atoms with Crippen LogP contribution in [0.15, 0.2) is 0 Å². The molecule has 2 N–H and O–H groups in total. The van der Waals surface area contributed by atoms with Gasteiger partial charge in [-0.3, -0.25) is 4.79 Å². The summed E-state index contributed by atoms with van der Waals surface area (Å²) in [4.78, 5) is 10.5. The Balaban J connectivity index is 2.47. The molecule has 1 saturated carbocycles. The van der Waals surface area contributed by atoms with E-state index < -0.39 is 12.1 Å². The van der Waals surface area contributed by atoms with Crippen LogP contribution in [-0.4, -0.2) is 22.3 Å². The Morgan fingerprint density at radius 3 is 2.71 bits per heavy atom. The van der Waals surface area contributed by atoms with Gasteiger partial charge < -0.3 is 10.2 Å². The number of aliphatic carboxylic acids is 1. The lowest BCUT2D eigenvalue weighted by atomic mass is 9.70. The molecule has 1 unspecified atom stereocenters. The highest BCUT2D eigenvalue weighted by molar-refractivity contribution is 5.67. The molecule has 3 nitrogen and oxygen atoms in total. The Kier molecular flexibility index (Phi) is 3.53. The van der Waals surface area contributed by atoms with E-state index in [9.17, 15) is 9.90 Å². The lowest BCUT2D eigenvalue weighted by Gasteiger charge is -2.37. The summed E-state index contributed by atoms with van der Waals surface area (Å²) in [6.07, 6.45) is 3.43. The van der Waals surface area contributed by atoms with E-state index in [2.05, 4.69) is 13.8 Å². The average Bonchev–Trinajstić information content (AvgIpc) is 2.01. The molecule has 1 rings (SSSR count). The maximum atomic E-state index is 10.5. The van der Waals surface area contributed by atoms with Gasteiger partial charge in [0, 0.05) is 0 Å². The standard InChI is InChI=1S/C11H20O3/c1-11(2)5-3-4-8(7-11)9(12)6-10(13)14/h8-9,12H,3-7H2,1-2H3,(H,13,14)/t8?,9-/m1/s1. The van der Waals surface area contributed by atoms with Crippen molar-refractivity contribution in [3.8, 4) is 0 Å². The summed E-state index contributed by atoms with van der Waals surface area (Å²) in [6.45, 7) is 4.37. The lowest BCUT2D eigenvalue weighted by molar-refractivity contribution is -0.140. The van der Waals surface area contributed by atoms with Crippen molar-refractivity contribution in [1.82, 2.24) is 0 Å². The summed E-state index contributed by atoms with van der Waals surface area (Å²) in [6, 6.07) is 0. The minimum Gasteiger partial charge on any atom is -0.481 e. The molecule has 1 aliphatic rings. The maximum absolute atomic E-state index is 10.5. The van der Waals surface area contributed by atoms with Crippen LogP contribution in [0.4, 0.5) is 0 Å². The largest absolute Gasteiger partial charge is 0.481 e. The third-order valence-corrected chi connectivity index (χ3v) is 3.17. The van der Waals surface area contributed by atoms with Gasteiger partial charge in [0.25, 0.3) is 0 Å². The minimum atomic E-state index is -0.902. The molecule has 0 saturated heterocycles. The number of aliphatic hydroxyl groups is 1. The first-order chi connectivity index (χ1) is 6.41. The fraction of sp³-hybridized carbons (Fsp3) is 0.909. The van der Waals surface area contributed by atoms with Gasteiger partial charge in [0.05, 0.1) is 12.5 Å². The van der Waals surface area contributed by atoms with Crippen LogP contribution < -0.4 is 0 Å². The molecule has 0 radical (unpaired) electrons. The number of hydrogen-bond acceptors (Lipinski definition) is 2. The molecule has 0 aromatic carbocycles. The van der Waals surface area contributed by atoms with Crippen molar-refractivity contribution in [2.45, 2.75) is 52.1 Å². The van der Waals surface area contributed by atoms with E-state index in [-0.39, 0.29) is 17.8 Å². The van der Waals surface area contributed by atoms with Gasteiger partial charge in [-0.05, 0) is 30.6 Å². The Labute approximate surface area is 85.1 Å². The second-order valence-electron chi connectivity index (χ2n) is 5.19. The molecule has 0 amide bonds. The van der Waals surface area contributed by atoms with Crippen molar-refractivity contribution in [1.29, 1.82) is 0 Å². The number of carbonyl (C=O) groups is 1. The first-order valence-corrected chi connectivity index (χ1v) is 5.30. The maximum Gasteiger partial charge on any atom is 0.305 e. The van der Waals surface area contributed by atoms with Crippen molar-refractivity contribution in [2.24, 2.45) is 11.3 Å². The molecular formula is C11H20O3. The number of carboxylic acids is 1. The number of hydrogen-bond donors (Lipinski definition) is 2. The Morgan fingerprint density at radius 1 is 1.57 bits per heavy atom. The summed E-state index contributed by atoms with van der Waals surface area (Å²) in [5.74, 6) is -0.726. The number of rotatable bonds is 3. The summed E-state index contributed by atoms with van der Waals surface area (Å²) in [5.41, 5.74) is 0.266. The van der Waals surface area contributed by atoms with Gasteiger partial charge in [0.15, 0.2) is 0 Å². The first-order valence-electron chi connectivity index (χ1n) is 5.30. The van der Waals surface area contributed by atoms with Crippen molar-refractivity contribution < 1.29 is 15.0 Å². The molecule has 1 aliphatic carbocycles. The molecule has 14 heavy (non-hydrogen) atoms. The van der Waals surface area contributed by atoms with Crippen molar-refractivity contribution in [2.75, 3.05) is 0 Å². The second-order valence-corrected chi connectivity index (χ2v) is 5.19. The highest BCUT2D eigenvalue weighted by Crippen LogP contribution is 2.40. The van der Waals surface area contributed by atoms with Crippen LogP contribution in [0.3, 0.4) is 0 Å². The smallest absolute Gasteiger partial charge is 0.305 e. The predicted molar refractivity (Wildman–Crippen MR) is 54.0 cm³/mol. The van der Waals surface area contributed by atoms with E-state index in [1.165, 1.54) is 6.42 Å². The summed E-state index contributed by atoms with van der Waals surface area (Å²) >= 11 is 0.